The lowest BCUT2D eigenvalue weighted by molar-refractivity contribution is -0.120. The minimum atomic E-state index is -0.254. The maximum Gasteiger partial charge on any atom is 0.268 e. The molecule has 0 fully saturated rings. The Hall–Kier alpha value is -2.08. The van der Waals surface area contributed by atoms with Crippen LogP contribution in [0.25, 0.3) is 0 Å². The van der Waals surface area contributed by atoms with Crippen LogP contribution in [0.1, 0.15) is 23.0 Å². The van der Waals surface area contributed by atoms with Gasteiger partial charge < -0.3 is 15.2 Å². The number of rotatable bonds is 7. The van der Waals surface area contributed by atoms with Crippen molar-refractivity contribution in [1.82, 2.24) is 15.2 Å². The van der Waals surface area contributed by atoms with Gasteiger partial charge in [0.05, 0.1) is 6.54 Å². The van der Waals surface area contributed by atoms with Gasteiger partial charge in [-0.25, -0.2) is 0 Å². The highest BCUT2D eigenvalue weighted by Gasteiger charge is 2.13. The summed E-state index contributed by atoms with van der Waals surface area (Å²) in [6, 6.07) is 11.7. The van der Waals surface area contributed by atoms with Crippen LogP contribution in [0.4, 0.5) is 0 Å². The van der Waals surface area contributed by atoms with E-state index >= 15 is 0 Å². The normalized spacial score (nSPS) is 10.3. The summed E-state index contributed by atoms with van der Waals surface area (Å²) in [5.41, 5.74) is 1.71. The summed E-state index contributed by atoms with van der Waals surface area (Å²) in [4.78, 5) is 23.9. The standard InChI is InChI=1S/C17H20BrN3O2/c1-2-21-12-14(18)10-15(21)17(23)20-11-16(22)19-9-8-13-6-4-3-5-7-13/h3-7,10,12H,2,8-9,11H2,1H3,(H,19,22)(H,20,23). The van der Waals surface area contributed by atoms with Crippen molar-refractivity contribution in [2.75, 3.05) is 13.1 Å². The molecule has 0 radical (unpaired) electrons. The third-order valence-corrected chi connectivity index (χ3v) is 3.86. The van der Waals surface area contributed by atoms with Crippen LogP contribution in [0.5, 0.6) is 0 Å². The van der Waals surface area contributed by atoms with E-state index in [4.69, 9.17) is 0 Å². The first kappa shape index (κ1) is 17.3. The molecule has 0 unspecified atom stereocenters. The quantitative estimate of drug-likeness (QED) is 0.777. The lowest BCUT2D eigenvalue weighted by Gasteiger charge is -2.08. The maximum absolute atomic E-state index is 12.1. The van der Waals surface area contributed by atoms with E-state index in [-0.39, 0.29) is 18.4 Å². The lowest BCUT2D eigenvalue weighted by Crippen LogP contribution is -2.38. The third kappa shape index (κ3) is 5.25. The minimum absolute atomic E-state index is 0.0276. The monoisotopic (exact) mass is 377 g/mol. The fraction of sp³-hybridized carbons (Fsp3) is 0.294. The van der Waals surface area contributed by atoms with Crippen molar-refractivity contribution in [2.24, 2.45) is 0 Å². The largest absolute Gasteiger partial charge is 0.354 e. The highest BCUT2D eigenvalue weighted by molar-refractivity contribution is 9.10. The van der Waals surface area contributed by atoms with Crippen LogP contribution in [0, 0.1) is 0 Å². The van der Waals surface area contributed by atoms with Gasteiger partial charge >= 0.3 is 0 Å². The molecule has 0 aliphatic carbocycles. The maximum atomic E-state index is 12.1. The molecule has 2 N–H and O–H groups in total. The molecule has 5 nitrogen and oxygen atoms in total. The predicted octanol–water partition coefficient (Wildman–Crippen LogP) is 2.36. The molecule has 1 aromatic heterocycles. The van der Waals surface area contributed by atoms with Crippen LogP contribution in [0.15, 0.2) is 47.1 Å². The first-order chi connectivity index (χ1) is 11.1. The molecular formula is C17H20BrN3O2. The van der Waals surface area contributed by atoms with Crippen LogP contribution >= 0.6 is 15.9 Å². The number of benzene rings is 1. The number of amides is 2. The highest BCUT2D eigenvalue weighted by Crippen LogP contribution is 2.14. The van der Waals surface area contributed by atoms with Crippen molar-refractivity contribution >= 4 is 27.7 Å². The zero-order valence-corrected chi connectivity index (χ0v) is 14.6. The molecule has 122 valence electrons. The van der Waals surface area contributed by atoms with E-state index in [0.717, 1.165) is 10.9 Å². The summed E-state index contributed by atoms with van der Waals surface area (Å²) >= 11 is 3.35. The number of carbonyl (C=O) groups excluding carboxylic acids is 2. The summed E-state index contributed by atoms with van der Waals surface area (Å²) in [6.07, 6.45) is 2.61. The van der Waals surface area contributed by atoms with E-state index in [1.54, 1.807) is 6.07 Å². The molecule has 1 aromatic carbocycles. The summed E-state index contributed by atoms with van der Waals surface area (Å²) in [6.45, 7) is 3.17. The molecule has 0 spiro atoms. The molecule has 2 rings (SSSR count). The van der Waals surface area contributed by atoms with E-state index in [1.807, 2.05) is 48.0 Å². The van der Waals surface area contributed by atoms with Gasteiger partial charge in [0.2, 0.25) is 5.91 Å². The third-order valence-electron chi connectivity index (χ3n) is 3.42. The minimum Gasteiger partial charge on any atom is -0.354 e. The first-order valence-corrected chi connectivity index (χ1v) is 8.34. The summed E-state index contributed by atoms with van der Waals surface area (Å²) in [5, 5.41) is 5.44. The van der Waals surface area contributed by atoms with Crippen LogP contribution in [0.2, 0.25) is 0 Å². The Bertz CT molecular complexity index is 668. The van der Waals surface area contributed by atoms with E-state index in [2.05, 4.69) is 26.6 Å². The number of hydrogen-bond donors (Lipinski definition) is 2. The second-order valence-electron chi connectivity index (χ2n) is 5.10. The Morgan fingerprint density at radius 1 is 1.17 bits per heavy atom. The first-order valence-electron chi connectivity index (χ1n) is 7.54. The number of nitrogens with one attached hydrogen (secondary N) is 2. The van der Waals surface area contributed by atoms with Gasteiger partial charge in [-0.3, -0.25) is 9.59 Å². The molecule has 0 bridgehead atoms. The van der Waals surface area contributed by atoms with Crippen LogP contribution in [-0.2, 0) is 17.8 Å². The molecule has 2 aromatic rings. The van der Waals surface area contributed by atoms with E-state index in [9.17, 15) is 9.59 Å². The van der Waals surface area contributed by atoms with Crippen LogP contribution in [-0.4, -0.2) is 29.5 Å². The van der Waals surface area contributed by atoms with Crippen molar-refractivity contribution in [3.8, 4) is 0 Å². The summed E-state index contributed by atoms with van der Waals surface area (Å²) in [5.74, 6) is -0.446. The van der Waals surface area contributed by atoms with Gasteiger partial charge in [0, 0.05) is 23.8 Å². The molecule has 6 heteroatoms. The Morgan fingerprint density at radius 2 is 1.91 bits per heavy atom. The Morgan fingerprint density at radius 3 is 2.61 bits per heavy atom. The average Bonchev–Trinajstić information content (AvgIpc) is 2.94. The van der Waals surface area contributed by atoms with Gasteiger partial charge in [0.15, 0.2) is 0 Å². The number of aromatic nitrogens is 1. The zero-order chi connectivity index (χ0) is 16.7. The van der Waals surface area contributed by atoms with E-state index in [0.29, 0.717) is 18.8 Å². The Kier molecular flexibility index (Phi) is 6.40. The number of aryl methyl sites for hydroxylation is 1. The van der Waals surface area contributed by atoms with Crippen molar-refractivity contribution in [3.05, 3.63) is 58.3 Å². The molecular weight excluding hydrogens is 358 g/mol. The average molecular weight is 378 g/mol. The van der Waals surface area contributed by atoms with Gasteiger partial charge in [-0.1, -0.05) is 30.3 Å². The van der Waals surface area contributed by atoms with Gasteiger partial charge in [0.1, 0.15) is 5.69 Å². The smallest absolute Gasteiger partial charge is 0.268 e. The zero-order valence-electron chi connectivity index (χ0n) is 13.0. The molecule has 1 heterocycles. The second kappa shape index (κ2) is 8.53. The van der Waals surface area contributed by atoms with Crippen molar-refractivity contribution in [2.45, 2.75) is 19.9 Å². The molecule has 0 saturated heterocycles. The number of carbonyl (C=O) groups is 2. The highest BCUT2D eigenvalue weighted by atomic mass is 79.9. The SMILES string of the molecule is CCn1cc(Br)cc1C(=O)NCC(=O)NCCc1ccccc1. The van der Waals surface area contributed by atoms with Gasteiger partial charge in [-0.15, -0.1) is 0 Å². The molecule has 0 aliphatic heterocycles. The van der Waals surface area contributed by atoms with Crippen LogP contribution < -0.4 is 10.6 Å². The Balaban J connectivity index is 1.74. The number of hydrogen-bond acceptors (Lipinski definition) is 2. The molecule has 2 amide bonds. The van der Waals surface area contributed by atoms with E-state index in [1.165, 1.54) is 5.56 Å². The fourth-order valence-corrected chi connectivity index (χ4v) is 2.70. The lowest BCUT2D eigenvalue weighted by atomic mass is 10.1. The van der Waals surface area contributed by atoms with Crippen LogP contribution in [0.3, 0.4) is 0 Å². The van der Waals surface area contributed by atoms with Gasteiger partial charge in [-0.05, 0) is 40.9 Å². The Labute approximate surface area is 144 Å². The van der Waals surface area contributed by atoms with Crippen molar-refractivity contribution in [1.29, 1.82) is 0 Å². The molecule has 23 heavy (non-hydrogen) atoms. The van der Waals surface area contributed by atoms with Crippen molar-refractivity contribution in [3.63, 3.8) is 0 Å². The number of nitrogens with zero attached hydrogens (tertiary/aromatic N) is 1. The topological polar surface area (TPSA) is 63.1 Å². The van der Waals surface area contributed by atoms with Gasteiger partial charge in [0.25, 0.3) is 5.91 Å². The molecule has 0 aliphatic rings. The fourth-order valence-electron chi connectivity index (χ4n) is 2.23. The number of halogens is 1. The van der Waals surface area contributed by atoms with Gasteiger partial charge in [-0.2, -0.15) is 0 Å². The summed E-state index contributed by atoms with van der Waals surface area (Å²) < 4.78 is 2.67. The predicted molar refractivity (Wildman–Crippen MR) is 93.3 cm³/mol. The van der Waals surface area contributed by atoms with E-state index < -0.39 is 0 Å². The molecule has 0 atom stereocenters. The van der Waals surface area contributed by atoms with Crippen molar-refractivity contribution < 1.29 is 9.59 Å². The molecule has 0 saturated carbocycles. The second-order valence-corrected chi connectivity index (χ2v) is 6.01. The summed E-state index contributed by atoms with van der Waals surface area (Å²) in [7, 11) is 0.